The molecule has 0 saturated carbocycles. The van der Waals surface area contributed by atoms with Crippen molar-refractivity contribution in [3.63, 3.8) is 0 Å². The highest BCUT2D eigenvalue weighted by Gasteiger charge is 2.21. The van der Waals surface area contributed by atoms with Crippen molar-refractivity contribution in [2.24, 2.45) is 0 Å². The van der Waals surface area contributed by atoms with Crippen LogP contribution in [0.1, 0.15) is 38.7 Å². The van der Waals surface area contributed by atoms with Gasteiger partial charge in [0.05, 0.1) is 11.9 Å². The molecule has 1 fully saturated rings. The number of imidazole rings is 1. The molecular weight excluding hydrogens is 378 g/mol. The third kappa shape index (κ3) is 3.34. The van der Waals surface area contributed by atoms with Gasteiger partial charge in [-0.2, -0.15) is 4.52 Å². The molecule has 4 aromatic heterocycles. The Bertz CT molecular complexity index is 1200. The van der Waals surface area contributed by atoms with Gasteiger partial charge in [0.15, 0.2) is 17.1 Å². The fourth-order valence-electron chi connectivity index (χ4n) is 3.83. The van der Waals surface area contributed by atoms with Crippen LogP contribution in [0.4, 0.5) is 11.6 Å². The smallest absolute Gasteiger partial charge is 0.178 e. The summed E-state index contributed by atoms with van der Waals surface area (Å²) in [6.07, 6.45) is 3.08. The lowest BCUT2D eigenvalue weighted by atomic mass is 9.93. The number of nitrogens with zero attached hydrogens (tertiary/aromatic N) is 9. The molecule has 30 heavy (non-hydrogen) atoms. The van der Waals surface area contributed by atoms with Crippen LogP contribution in [-0.4, -0.2) is 60.6 Å². The summed E-state index contributed by atoms with van der Waals surface area (Å²) in [6.45, 7) is 12.1. The maximum Gasteiger partial charge on any atom is 0.178 e. The van der Waals surface area contributed by atoms with E-state index in [0.717, 1.165) is 67.0 Å². The predicted octanol–water partition coefficient (Wildman–Crippen LogP) is 2.49. The molecule has 1 aliphatic rings. The second-order valence-electron chi connectivity index (χ2n) is 8.91. The average Bonchev–Trinajstić information content (AvgIpc) is 3.23. The zero-order chi connectivity index (χ0) is 20.9. The first-order valence-electron chi connectivity index (χ1n) is 10.4. The van der Waals surface area contributed by atoms with Gasteiger partial charge in [-0.25, -0.2) is 9.50 Å². The van der Waals surface area contributed by atoms with Crippen molar-refractivity contribution in [2.75, 3.05) is 36.0 Å². The van der Waals surface area contributed by atoms with Crippen molar-refractivity contribution in [3.8, 4) is 0 Å². The van der Waals surface area contributed by atoms with E-state index in [4.69, 9.17) is 15.2 Å². The summed E-state index contributed by atoms with van der Waals surface area (Å²) in [4.78, 5) is 9.39. The predicted molar refractivity (Wildman–Crippen MR) is 116 cm³/mol. The van der Waals surface area contributed by atoms with Gasteiger partial charge >= 0.3 is 0 Å². The van der Waals surface area contributed by atoms with Gasteiger partial charge in [0.2, 0.25) is 0 Å². The van der Waals surface area contributed by atoms with E-state index in [1.165, 1.54) is 0 Å². The van der Waals surface area contributed by atoms with Crippen LogP contribution in [0.15, 0.2) is 30.5 Å². The second-order valence-corrected chi connectivity index (χ2v) is 8.91. The van der Waals surface area contributed by atoms with Crippen LogP contribution in [0.5, 0.6) is 0 Å². The Kier molecular flexibility index (Phi) is 4.34. The lowest BCUT2D eigenvalue weighted by Crippen LogP contribution is -2.32. The molecule has 9 heteroatoms. The van der Waals surface area contributed by atoms with Crippen LogP contribution in [0.25, 0.3) is 11.3 Å². The summed E-state index contributed by atoms with van der Waals surface area (Å²) >= 11 is 0. The topological polar surface area (TPSA) is 79.8 Å². The fraction of sp³-hybridized carbons (Fsp3) is 0.476. The van der Waals surface area contributed by atoms with Gasteiger partial charge in [-0.1, -0.05) is 20.8 Å². The molecule has 0 N–H and O–H groups in total. The van der Waals surface area contributed by atoms with E-state index in [9.17, 15) is 0 Å². The molecule has 4 aromatic rings. The van der Waals surface area contributed by atoms with E-state index >= 15 is 0 Å². The Morgan fingerprint density at radius 3 is 2.17 bits per heavy atom. The molecule has 0 atom stereocenters. The molecule has 0 bridgehead atoms. The van der Waals surface area contributed by atoms with E-state index in [0.29, 0.717) is 0 Å². The number of hydrogen-bond acceptors (Lipinski definition) is 7. The Balaban J connectivity index is 1.36. The maximum atomic E-state index is 4.84. The van der Waals surface area contributed by atoms with Gasteiger partial charge in [0.1, 0.15) is 11.6 Å². The van der Waals surface area contributed by atoms with Crippen molar-refractivity contribution >= 4 is 22.9 Å². The third-order valence-electron chi connectivity index (χ3n) is 5.62. The fourth-order valence-corrected chi connectivity index (χ4v) is 3.83. The molecule has 0 aliphatic carbocycles. The number of rotatable bonds is 2. The first kappa shape index (κ1) is 18.8. The van der Waals surface area contributed by atoms with Crippen LogP contribution < -0.4 is 9.80 Å². The molecule has 5 heterocycles. The van der Waals surface area contributed by atoms with E-state index in [1.807, 2.05) is 29.8 Å². The van der Waals surface area contributed by atoms with Crippen LogP contribution in [0.3, 0.4) is 0 Å². The van der Waals surface area contributed by atoms with E-state index in [2.05, 4.69) is 52.9 Å². The van der Waals surface area contributed by atoms with E-state index in [1.54, 1.807) is 4.52 Å². The Hall–Kier alpha value is -3.23. The molecule has 156 valence electrons. The van der Waals surface area contributed by atoms with Crippen LogP contribution in [0.2, 0.25) is 0 Å². The summed E-state index contributed by atoms with van der Waals surface area (Å²) in [5, 5.41) is 17.8. The third-order valence-corrected chi connectivity index (χ3v) is 5.62. The van der Waals surface area contributed by atoms with Crippen molar-refractivity contribution in [2.45, 2.75) is 39.5 Å². The van der Waals surface area contributed by atoms with Crippen molar-refractivity contribution in [1.29, 1.82) is 0 Å². The van der Waals surface area contributed by atoms with Crippen molar-refractivity contribution < 1.29 is 0 Å². The number of aryl methyl sites for hydroxylation is 1. The molecule has 1 aliphatic heterocycles. The molecule has 0 amide bonds. The Morgan fingerprint density at radius 1 is 0.800 bits per heavy atom. The normalized spacial score (nSPS) is 15.9. The highest BCUT2D eigenvalue weighted by molar-refractivity contribution is 5.49. The second kappa shape index (κ2) is 6.93. The summed E-state index contributed by atoms with van der Waals surface area (Å²) in [6, 6.07) is 8.15. The SMILES string of the molecule is Cc1nnc2ccc(N3CCCN(c4ccc5nc(C(C)(C)C)cn5n4)CC3)nn12. The summed E-state index contributed by atoms with van der Waals surface area (Å²) in [5.41, 5.74) is 2.73. The van der Waals surface area contributed by atoms with Crippen molar-refractivity contribution in [1.82, 2.24) is 34.4 Å². The minimum absolute atomic E-state index is 0.00812. The van der Waals surface area contributed by atoms with Gasteiger partial charge in [0, 0.05) is 31.6 Å². The highest BCUT2D eigenvalue weighted by atomic mass is 15.4. The van der Waals surface area contributed by atoms with Gasteiger partial charge in [-0.3, -0.25) is 0 Å². The Morgan fingerprint density at radius 2 is 1.47 bits per heavy atom. The summed E-state index contributed by atoms with van der Waals surface area (Å²) < 4.78 is 3.71. The van der Waals surface area contributed by atoms with Crippen molar-refractivity contribution in [3.05, 3.63) is 42.0 Å². The molecule has 0 aromatic carbocycles. The zero-order valence-electron chi connectivity index (χ0n) is 17.9. The van der Waals surface area contributed by atoms with E-state index < -0.39 is 0 Å². The first-order valence-corrected chi connectivity index (χ1v) is 10.4. The average molecular weight is 406 g/mol. The highest BCUT2D eigenvalue weighted by Crippen LogP contribution is 2.23. The van der Waals surface area contributed by atoms with Crippen LogP contribution in [-0.2, 0) is 5.41 Å². The monoisotopic (exact) mass is 405 g/mol. The van der Waals surface area contributed by atoms with Gasteiger partial charge in [0.25, 0.3) is 0 Å². The number of hydrogen-bond donors (Lipinski definition) is 0. The number of fused-ring (bicyclic) bond motifs is 2. The standard InChI is InChI=1S/C21H27N9/c1-15-23-24-18-7-9-20(26-30(15)18)28-11-5-10-27(12-13-28)19-8-6-17-22-16(21(2,3)4)14-29(17)25-19/h6-9,14H,5,10-13H2,1-4H3. The summed E-state index contributed by atoms with van der Waals surface area (Å²) in [5.74, 6) is 2.75. The maximum absolute atomic E-state index is 4.84. The van der Waals surface area contributed by atoms with E-state index in [-0.39, 0.29) is 5.41 Å². The molecule has 0 spiro atoms. The minimum Gasteiger partial charge on any atom is -0.353 e. The number of anilines is 2. The molecular formula is C21H27N9. The lowest BCUT2D eigenvalue weighted by Gasteiger charge is -2.23. The van der Waals surface area contributed by atoms with Crippen LogP contribution in [0, 0.1) is 6.92 Å². The molecule has 0 radical (unpaired) electrons. The zero-order valence-corrected chi connectivity index (χ0v) is 17.9. The molecule has 5 rings (SSSR count). The quantitative estimate of drug-likeness (QED) is 0.507. The van der Waals surface area contributed by atoms with Gasteiger partial charge in [-0.15, -0.1) is 20.4 Å². The lowest BCUT2D eigenvalue weighted by molar-refractivity contribution is 0.572. The minimum atomic E-state index is 0.00812. The Labute approximate surface area is 175 Å². The van der Waals surface area contributed by atoms with Gasteiger partial charge < -0.3 is 9.80 Å². The number of aromatic nitrogens is 7. The molecule has 1 saturated heterocycles. The van der Waals surface area contributed by atoms with Gasteiger partial charge in [-0.05, 0) is 37.6 Å². The first-order chi connectivity index (χ1) is 14.4. The largest absolute Gasteiger partial charge is 0.353 e. The summed E-state index contributed by atoms with van der Waals surface area (Å²) in [7, 11) is 0. The van der Waals surface area contributed by atoms with Crippen LogP contribution >= 0.6 is 0 Å². The molecule has 0 unspecified atom stereocenters. The molecule has 9 nitrogen and oxygen atoms in total.